The van der Waals surface area contributed by atoms with E-state index in [1.54, 1.807) is 17.0 Å². The van der Waals surface area contributed by atoms with Crippen molar-refractivity contribution >= 4 is 16.8 Å². The molecule has 2 atom stereocenters. The zero-order valence-corrected chi connectivity index (χ0v) is 19.4. The predicted octanol–water partition coefficient (Wildman–Crippen LogP) is 5.65. The zero-order chi connectivity index (χ0) is 24.3. The molecule has 0 spiro atoms. The third kappa shape index (κ3) is 5.22. The van der Waals surface area contributed by atoms with Gasteiger partial charge in [0.15, 0.2) is 0 Å². The van der Waals surface area contributed by atoms with E-state index in [-0.39, 0.29) is 23.9 Å². The van der Waals surface area contributed by atoms with Crippen LogP contribution in [0.1, 0.15) is 41.9 Å². The van der Waals surface area contributed by atoms with Gasteiger partial charge in [-0.3, -0.25) is 9.69 Å². The number of alkyl halides is 3. The van der Waals surface area contributed by atoms with Crippen LogP contribution in [0.5, 0.6) is 5.75 Å². The molecule has 0 bridgehead atoms. The Morgan fingerprint density at radius 1 is 1.21 bits per heavy atom. The number of nitrogens with one attached hydrogen (secondary N) is 1. The summed E-state index contributed by atoms with van der Waals surface area (Å²) in [5, 5.41) is 0.957. The number of fused-ring (bicyclic) bond motifs is 1. The Bertz CT molecular complexity index is 1080. The van der Waals surface area contributed by atoms with Crippen molar-refractivity contribution in [3.63, 3.8) is 0 Å². The molecule has 1 aromatic heterocycles. The van der Waals surface area contributed by atoms with Crippen LogP contribution in [-0.4, -0.2) is 60.2 Å². The number of carbonyl (C=O) groups is 1. The standard InChI is InChI=1S/C26H30F3N3O2/c1-3-31(25(33)23-15-20-8-4-5-9-22(20)30-23)16-18-7-6-14-32(17-18)24(26(27,28)29)19-10-12-21(34-2)13-11-19/h4-5,8-13,15,18,24,30H,3,6-7,14,16-17H2,1-2H3. The molecule has 182 valence electrons. The minimum Gasteiger partial charge on any atom is -0.497 e. The molecule has 2 heterocycles. The average Bonchev–Trinajstić information content (AvgIpc) is 3.26. The van der Waals surface area contributed by atoms with Crippen molar-refractivity contribution in [1.29, 1.82) is 0 Å². The lowest BCUT2D eigenvalue weighted by molar-refractivity contribution is -0.191. The first kappa shape index (κ1) is 24.1. The van der Waals surface area contributed by atoms with Gasteiger partial charge in [0.1, 0.15) is 17.5 Å². The highest BCUT2D eigenvalue weighted by atomic mass is 19.4. The lowest BCUT2D eigenvalue weighted by Crippen LogP contribution is -2.47. The number of methoxy groups -OCH3 is 1. The van der Waals surface area contributed by atoms with Crippen molar-refractivity contribution in [2.75, 3.05) is 33.3 Å². The summed E-state index contributed by atoms with van der Waals surface area (Å²) in [7, 11) is 1.49. The van der Waals surface area contributed by atoms with Gasteiger partial charge >= 0.3 is 6.18 Å². The monoisotopic (exact) mass is 473 g/mol. The van der Waals surface area contributed by atoms with E-state index >= 15 is 0 Å². The number of amides is 1. The number of piperidine rings is 1. The molecule has 4 rings (SSSR count). The van der Waals surface area contributed by atoms with Crippen LogP contribution in [-0.2, 0) is 0 Å². The maximum Gasteiger partial charge on any atom is 0.408 e. The number of halogens is 3. The Labute approximate surface area is 197 Å². The normalized spacial score (nSPS) is 18.1. The first-order chi connectivity index (χ1) is 16.3. The number of nitrogens with zero attached hydrogens (tertiary/aromatic N) is 2. The number of ether oxygens (including phenoxy) is 1. The zero-order valence-electron chi connectivity index (χ0n) is 19.4. The van der Waals surface area contributed by atoms with Crippen LogP contribution in [0.2, 0.25) is 0 Å². The molecule has 1 aliphatic heterocycles. The molecule has 1 fully saturated rings. The van der Waals surface area contributed by atoms with Gasteiger partial charge in [-0.1, -0.05) is 30.3 Å². The lowest BCUT2D eigenvalue weighted by Gasteiger charge is -2.40. The van der Waals surface area contributed by atoms with Gasteiger partial charge in [-0.2, -0.15) is 13.2 Å². The summed E-state index contributed by atoms with van der Waals surface area (Å²) in [4.78, 5) is 19.6. The molecule has 1 aliphatic rings. The van der Waals surface area contributed by atoms with E-state index in [9.17, 15) is 18.0 Å². The third-order valence-corrected chi connectivity index (χ3v) is 6.57. The largest absolute Gasteiger partial charge is 0.497 e. The highest BCUT2D eigenvalue weighted by molar-refractivity contribution is 5.98. The van der Waals surface area contributed by atoms with Gasteiger partial charge in [-0.25, -0.2) is 0 Å². The minimum atomic E-state index is -4.40. The van der Waals surface area contributed by atoms with Gasteiger partial charge < -0.3 is 14.6 Å². The maximum absolute atomic E-state index is 14.1. The number of para-hydroxylation sites is 1. The minimum absolute atomic E-state index is 0.0369. The van der Waals surface area contributed by atoms with Gasteiger partial charge in [-0.05, 0) is 62.1 Å². The molecule has 2 aromatic carbocycles. The van der Waals surface area contributed by atoms with Crippen LogP contribution < -0.4 is 4.74 Å². The number of aromatic nitrogens is 1. The fourth-order valence-electron chi connectivity index (χ4n) is 4.90. The Balaban J connectivity index is 1.49. The number of hydrogen-bond acceptors (Lipinski definition) is 3. The van der Waals surface area contributed by atoms with E-state index in [1.807, 2.05) is 37.3 Å². The van der Waals surface area contributed by atoms with E-state index in [1.165, 1.54) is 24.1 Å². The molecule has 8 heteroatoms. The summed E-state index contributed by atoms with van der Waals surface area (Å²) in [5.41, 5.74) is 1.59. The van der Waals surface area contributed by atoms with E-state index in [0.29, 0.717) is 37.5 Å². The first-order valence-corrected chi connectivity index (χ1v) is 11.6. The Kier molecular flexibility index (Phi) is 7.16. The molecule has 3 aromatic rings. The molecular weight excluding hydrogens is 443 g/mol. The van der Waals surface area contributed by atoms with Crippen molar-refractivity contribution < 1.29 is 22.7 Å². The lowest BCUT2D eigenvalue weighted by atomic mass is 9.93. The summed E-state index contributed by atoms with van der Waals surface area (Å²) in [6.45, 7) is 3.47. The second-order valence-electron chi connectivity index (χ2n) is 8.83. The molecule has 0 radical (unpaired) electrons. The van der Waals surface area contributed by atoms with Crippen LogP contribution in [0.4, 0.5) is 13.2 Å². The van der Waals surface area contributed by atoms with E-state index < -0.39 is 12.2 Å². The van der Waals surface area contributed by atoms with Crippen LogP contribution in [0.3, 0.4) is 0 Å². The Morgan fingerprint density at radius 3 is 2.59 bits per heavy atom. The predicted molar refractivity (Wildman–Crippen MR) is 126 cm³/mol. The summed E-state index contributed by atoms with van der Waals surface area (Å²) < 4.78 is 47.5. The van der Waals surface area contributed by atoms with Gasteiger partial charge in [0.05, 0.1) is 7.11 Å². The van der Waals surface area contributed by atoms with Crippen LogP contribution >= 0.6 is 0 Å². The quantitative estimate of drug-likeness (QED) is 0.482. The third-order valence-electron chi connectivity index (χ3n) is 6.57. The number of likely N-dealkylation sites (tertiary alicyclic amines) is 1. The molecule has 1 saturated heterocycles. The smallest absolute Gasteiger partial charge is 0.408 e. The number of H-pyrrole nitrogens is 1. The van der Waals surface area contributed by atoms with Crippen LogP contribution in [0.25, 0.3) is 10.9 Å². The molecule has 0 saturated carbocycles. The summed E-state index contributed by atoms with van der Waals surface area (Å²) in [6.07, 6.45) is -2.95. The first-order valence-electron chi connectivity index (χ1n) is 11.6. The van der Waals surface area contributed by atoms with Gasteiger partial charge in [-0.15, -0.1) is 0 Å². The number of carbonyl (C=O) groups excluding carboxylic acids is 1. The molecule has 0 aliphatic carbocycles. The molecule has 1 amide bonds. The van der Waals surface area contributed by atoms with Crippen LogP contribution in [0.15, 0.2) is 54.6 Å². The topological polar surface area (TPSA) is 48.6 Å². The van der Waals surface area contributed by atoms with E-state index in [0.717, 1.165) is 17.3 Å². The fourth-order valence-corrected chi connectivity index (χ4v) is 4.90. The summed E-state index contributed by atoms with van der Waals surface area (Å²) in [5.74, 6) is 0.360. The van der Waals surface area contributed by atoms with Gasteiger partial charge in [0.25, 0.3) is 5.91 Å². The SMILES string of the molecule is CCN(CC1CCCN(C(c2ccc(OC)cc2)C(F)(F)F)C1)C(=O)c1cc2ccccc2[nH]1. The van der Waals surface area contributed by atoms with Crippen molar-refractivity contribution in [2.45, 2.75) is 32.0 Å². The highest BCUT2D eigenvalue weighted by Crippen LogP contribution is 2.40. The van der Waals surface area contributed by atoms with E-state index in [2.05, 4.69) is 4.98 Å². The molecular formula is C26H30F3N3O2. The molecule has 5 nitrogen and oxygen atoms in total. The van der Waals surface area contributed by atoms with Crippen molar-refractivity contribution in [3.05, 3.63) is 65.9 Å². The Hall–Kier alpha value is -3.00. The van der Waals surface area contributed by atoms with Crippen molar-refractivity contribution in [2.24, 2.45) is 5.92 Å². The Morgan fingerprint density at radius 2 is 1.94 bits per heavy atom. The maximum atomic E-state index is 14.1. The fraction of sp³-hybridized carbons (Fsp3) is 0.423. The van der Waals surface area contributed by atoms with Crippen molar-refractivity contribution in [1.82, 2.24) is 14.8 Å². The molecule has 1 N–H and O–H groups in total. The number of hydrogen-bond donors (Lipinski definition) is 1. The van der Waals surface area contributed by atoms with Crippen LogP contribution in [0, 0.1) is 5.92 Å². The number of aromatic amines is 1. The van der Waals surface area contributed by atoms with Gasteiger partial charge in [0.2, 0.25) is 0 Å². The second kappa shape index (κ2) is 10.1. The number of benzene rings is 2. The van der Waals surface area contributed by atoms with Gasteiger partial charge in [0, 0.05) is 30.5 Å². The number of rotatable bonds is 7. The molecule has 2 unspecified atom stereocenters. The van der Waals surface area contributed by atoms with Crippen molar-refractivity contribution in [3.8, 4) is 5.75 Å². The average molecular weight is 474 g/mol. The summed E-state index contributed by atoms with van der Waals surface area (Å²) >= 11 is 0. The second-order valence-corrected chi connectivity index (χ2v) is 8.83. The molecule has 34 heavy (non-hydrogen) atoms. The summed E-state index contributed by atoms with van der Waals surface area (Å²) in [6, 6.07) is 13.9. The van der Waals surface area contributed by atoms with E-state index in [4.69, 9.17) is 4.74 Å². The highest BCUT2D eigenvalue weighted by Gasteiger charge is 2.46.